The van der Waals surface area contributed by atoms with E-state index < -0.39 is 0 Å². The van der Waals surface area contributed by atoms with E-state index in [4.69, 9.17) is 9.47 Å². The number of hydrogen-bond acceptors (Lipinski definition) is 3. The minimum Gasteiger partial charge on any atom is -0.486 e. The standard InChI is InChI=1S/C21H20N2O3/c1-15-8-9-16(12-18(15)23-10-4-5-11-23)21(24)22-13-17-14-25-19-6-2-3-7-20(19)26-17/h2-12,17H,13-14H2,1H3,(H,22,24)/t17-/m0/s1. The van der Waals surface area contributed by atoms with Gasteiger partial charge >= 0.3 is 0 Å². The van der Waals surface area contributed by atoms with Crippen LogP contribution in [0.25, 0.3) is 5.69 Å². The Morgan fingerprint density at radius 1 is 1.12 bits per heavy atom. The largest absolute Gasteiger partial charge is 0.486 e. The summed E-state index contributed by atoms with van der Waals surface area (Å²) in [6, 6.07) is 17.2. The van der Waals surface area contributed by atoms with E-state index in [1.807, 2.05) is 78.5 Å². The number of amides is 1. The van der Waals surface area contributed by atoms with Crippen molar-refractivity contribution < 1.29 is 14.3 Å². The molecule has 0 saturated heterocycles. The molecule has 0 spiro atoms. The normalized spacial score (nSPS) is 15.5. The summed E-state index contributed by atoms with van der Waals surface area (Å²) in [6.45, 7) is 2.83. The fraction of sp³-hybridized carbons (Fsp3) is 0.190. The third-order valence-electron chi connectivity index (χ3n) is 4.41. The molecule has 26 heavy (non-hydrogen) atoms. The van der Waals surface area contributed by atoms with Crippen LogP contribution < -0.4 is 14.8 Å². The molecule has 1 amide bonds. The average molecular weight is 348 g/mol. The van der Waals surface area contributed by atoms with E-state index in [-0.39, 0.29) is 12.0 Å². The van der Waals surface area contributed by atoms with Gasteiger partial charge in [-0.25, -0.2) is 0 Å². The number of ether oxygens (including phenoxy) is 2. The highest BCUT2D eigenvalue weighted by Crippen LogP contribution is 2.30. The third-order valence-corrected chi connectivity index (χ3v) is 4.41. The number of fused-ring (bicyclic) bond motifs is 1. The van der Waals surface area contributed by atoms with Crippen molar-refractivity contribution in [3.05, 3.63) is 78.1 Å². The van der Waals surface area contributed by atoms with Crippen LogP contribution in [0, 0.1) is 6.92 Å². The zero-order valence-electron chi connectivity index (χ0n) is 14.5. The van der Waals surface area contributed by atoms with Gasteiger partial charge in [0.25, 0.3) is 5.91 Å². The van der Waals surface area contributed by atoms with Gasteiger partial charge in [-0.15, -0.1) is 0 Å². The van der Waals surface area contributed by atoms with Gasteiger partial charge < -0.3 is 19.4 Å². The van der Waals surface area contributed by atoms with E-state index in [1.165, 1.54) is 0 Å². The van der Waals surface area contributed by atoms with Gasteiger partial charge in [0.2, 0.25) is 0 Å². The molecular formula is C21H20N2O3. The first-order chi connectivity index (χ1) is 12.7. The predicted octanol–water partition coefficient (Wildman–Crippen LogP) is 3.36. The smallest absolute Gasteiger partial charge is 0.251 e. The van der Waals surface area contributed by atoms with Crippen molar-refractivity contribution in [2.75, 3.05) is 13.2 Å². The first kappa shape index (κ1) is 16.3. The summed E-state index contributed by atoms with van der Waals surface area (Å²) in [5.41, 5.74) is 2.73. The number of rotatable bonds is 4. The maximum Gasteiger partial charge on any atom is 0.251 e. The molecular weight excluding hydrogens is 328 g/mol. The summed E-state index contributed by atoms with van der Waals surface area (Å²) in [4.78, 5) is 12.5. The van der Waals surface area contributed by atoms with Gasteiger partial charge in [0.05, 0.1) is 6.54 Å². The van der Waals surface area contributed by atoms with E-state index in [2.05, 4.69) is 5.32 Å². The van der Waals surface area contributed by atoms with Crippen LogP contribution in [0.5, 0.6) is 11.5 Å². The molecule has 0 bridgehead atoms. The fourth-order valence-electron chi connectivity index (χ4n) is 3.00. The summed E-state index contributed by atoms with van der Waals surface area (Å²) in [5, 5.41) is 2.94. The molecule has 5 nitrogen and oxygen atoms in total. The summed E-state index contributed by atoms with van der Waals surface area (Å²) in [7, 11) is 0. The molecule has 1 aliphatic rings. The molecule has 3 aromatic rings. The Kier molecular flexibility index (Phi) is 4.35. The number of nitrogens with zero attached hydrogens (tertiary/aromatic N) is 1. The molecule has 0 unspecified atom stereocenters. The van der Waals surface area contributed by atoms with Crippen molar-refractivity contribution >= 4 is 5.91 Å². The lowest BCUT2D eigenvalue weighted by Gasteiger charge is -2.26. The Morgan fingerprint density at radius 2 is 1.88 bits per heavy atom. The van der Waals surface area contributed by atoms with Gasteiger partial charge in [0.1, 0.15) is 12.7 Å². The monoisotopic (exact) mass is 348 g/mol. The first-order valence-electron chi connectivity index (χ1n) is 8.61. The molecule has 1 N–H and O–H groups in total. The number of hydrogen-bond donors (Lipinski definition) is 1. The Balaban J connectivity index is 1.42. The summed E-state index contributed by atoms with van der Waals surface area (Å²) >= 11 is 0. The Labute approximate surface area is 152 Å². The van der Waals surface area contributed by atoms with Gasteiger partial charge in [-0.3, -0.25) is 4.79 Å². The molecule has 1 atom stereocenters. The zero-order chi connectivity index (χ0) is 17.9. The van der Waals surface area contributed by atoms with Crippen LogP contribution in [0.15, 0.2) is 67.0 Å². The molecule has 2 aromatic carbocycles. The fourth-order valence-corrected chi connectivity index (χ4v) is 3.00. The molecule has 0 saturated carbocycles. The van der Waals surface area contributed by atoms with Crippen LogP contribution in [0.4, 0.5) is 0 Å². The van der Waals surface area contributed by atoms with Crippen molar-refractivity contribution in [3.63, 3.8) is 0 Å². The number of benzene rings is 2. The average Bonchev–Trinajstić information content (AvgIpc) is 3.21. The Bertz CT molecular complexity index is 919. The second kappa shape index (κ2) is 6.96. The summed E-state index contributed by atoms with van der Waals surface area (Å²) in [5.74, 6) is 1.33. The molecule has 2 heterocycles. The second-order valence-corrected chi connectivity index (χ2v) is 6.30. The quantitative estimate of drug-likeness (QED) is 0.787. The van der Waals surface area contributed by atoms with E-state index in [0.29, 0.717) is 24.5 Å². The van der Waals surface area contributed by atoms with Gasteiger partial charge in [-0.2, -0.15) is 0 Å². The molecule has 4 rings (SSSR count). The first-order valence-corrected chi connectivity index (χ1v) is 8.61. The van der Waals surface area contributed by atoms with E-state index in [9.17, 15) is 4.79 Å². The van der Waals surface area contributed by atoms with Crippen molar-refractivity contribution in [2.24, 2.45) is 0 Å². The number of carbonyl (C=O) groups is 1. The van der Waals surface area contributed by atoms with Crippen molar-refractivity contribution in [1.29, 1.82) is 0 Å². The number of para-hydroxylation sites is 2. The number of aromatic nitrogens is 1. The highest BCUT2D eigenvalue weighted by molar-refractivity contribution is 5.94. The number of carbonyl (C=O) groups excluding carboxylic acids is 1. The highest BCUT2D eigenvalue weighted by atomic mass is 16.6. The van der Waals surface area contributed by atoms with Crippen LogP contribution in [0.1, 0.15) is 15.9 Å². The van der Waals surface area contributed by atoms with Gasteiger partial charge in [-0.1, -0.05) is 18.2 Å². The highest BCUT2D eigenvalue weighted by Gasteiger charge is 2.21. The molecule has 0 fully saturated rings. The van der Waals surface area contributed by atoms with Crippen LogP contribution >= 0.6 is 0 Å². The zero-order valence-corrected chi connectivity index (χ0v) is 14.5. The molecule has 1 aromatic heterocycles. The van der Waals surface area contributed by atoms with E-state index in [1.54, 1.807) is 0 Å². The molecule has 5 heteroatoms. The number of nitrogens with one attached hydrogen (secondary N) is 1. The van der Waals surface area contributed by atoms with Crippen molar-refractivity contribution in [2.45, 2.75) is 13.0 Å². The molecule has 0 radical (unpaired) electrons. The minimum atomic E-state index is -0.205. The van der Waals surface area contributed by atoms with Crippen LogP contribution in [0.2, 0.25) is 0 Å². The Hall–Kier alpha value is -3.21. The van der Waals surface area contributed by atoms with Crippen LogP contribution in [-0.4, -0.2) is 29.7 Å². The lowest BCUT2D eigenvalue weighted by Crippen LogP contribution is -2.40. The lowest BCUT2D eigenvalue weighted by atomic mass is 10.1. The van der Waals surface area contributed by atoms with Crippen LogP contribution in [0.3, 0.4) is 0 Å². The predicted molar refractivity (Wildman–Crippen MR) is 99.2 cm³/mol. The maximum atomic E-state index is 12.5. The molecule has 1 aliphatic heterocycles. The summed E-state index contributed by atoms with van der Waals surface area (Å²) in [6.07, 6.45) is 3.73. The van der Waals surface area contributed by atoms with Crippen molar-refractivity contribution in [1.82, 2.24) is 9.88 Å². The van der Waals surface area contributed by atoms with E-state index in [0.717, 1.165) is 17.0 Å². The topological polar surface area (TPSA) is 52.5 Å². The summed E-state index contributed by atoms with van der Waals surface area (Å²) < 4.78 is 13.6. The Morgan fingerprint density at radius 3 is 2.69 bits per heavy atom. The maximum absolute atomic E-state index is 12.5. The van der Waals surface area contributed by atoms with Gasteiger partial charge in [-0.05, 0) is 48.9 Å². The van der Waals surface area contributed by atoms with Crippen molar-refractivity contribution in [3.8, 4) is 17.2 Å². The van der Waals surface area contributed by atoms with Gasteiger partial charge in [0.15, 0.2) is 11.5 Å². The minimum absolute atomic E-state index is 0.124. The lowest BCUT2D eigenvalue weighted by molar-refractivity contribution is 0.0789. The van der Waals surface area contributed by atoms with Gasteiger partial charge in [0, 0.05) is 23.6 Å². The third kappa shape index (κ3) is 3.28. The molecule has 132 valence electrons. The van der Waals surface area contributed by atoms with Crippen LogP contribution in [-0.2, 0) is 0 Å². The SMILES string of the molecule is Cc1ccc(C(=O)NC[C@H]2COc3ccccc3O2)cc1-n1cccc1. The number of aryl methyl sites for hydroxylation is 1. The molecule has 0 aliphatic carbocycles. The second-order valence-electron chi connectivity index (χ2n) is 6.30. The van der Waals surface area contributed by atoms with E-state index >= 15 is 0 Å².